The van der Waals surface area contributed by atoms with Gasteiger partial charge >= 0.3 is 5.51 Å². The maximum absolute atomic E-state index is 12.3. The number of aromatic nitrogens is 2. The molecule has 0 fully saturated rings. The molecule has 0 unspecified atom stereocenters. The van der Waals surface area contributed by atoms with Crippen molar-refractivity contribution in [3.63, 3.8) is 0 Å². The first kappa shape index (κ1) is 11.1. The molecular formula is C9H8F3N3S. The molecule has 0 aromatic carbocycles. The third-order valence-corrected chi connectivity index (χ3v) is 2.96. The highest BCUT2D eigenvalue weighted by atomic mass is 32.2. The first-order valence-electron chi connectivity index (χ1n) is 4.38. The van der Waals surface area contributed by atoms with Crippen LogP contribution in [-0.4, -0.2) is 15.1 Å². The minimum atomic E-state index is -4.32. The Labute approximate surface area is 93.4 Å². The number of alkyl halides is 3. The van der Waals surface area contributed by atoms with E-state index in [0.717, 1.165) is 0 Å². The lowest BCUT2D eigenvalue weighted by molar-refractivity contribution is -0.0327. The normalized spacial score (nSPS) is 12.2. The molecule has 16 heavy (non-hydrogen) atoms. The van der Waals surface area contributed by atoms with Crippen molar-refractivity contribution in [3.05, 3.63) is 23.9 Å². The molecule has 2 aromatic heterocycles. The molecule has 7 heteroatoms. The SMILES string of the molecule is Cc1nn2c(N)cccc2c1SC(F)(F)F. The molecule has 0 aliphatic heterocycles. The van der Waals surface area contributed by atoms with Crippen molar-refractivity contribution < 1.29 is 13.2 Å². The summed E-state index contributed by atoms with van der Waals surface area (Å²) in [4.78, 5) is 0.0970. The highest BCUT2D eigenvalue weighted by Crippen LogP contribution is 2.40. The van der Waals surface area contributed by atoms with Gasteiger partial charge in [-0.3, -0.25) is 0 Å². The van der Waals surface area contributed by atoms with Gasteiger partial charge in [0.2, 0.25) is 0 Å². The van der Waals surface area contributed by atoms with E-state index >= 15 is 0 Å². The zero-order chi connectivity index (χ0) is 11.9. The van der Waals surface area contributed by atoms with Gasteiger partial charge < -0.3 is 5.73 Å². The fourth-order valence-corrected chi connectivity index (χ4v) is 2.10. The van der Waals surface area contributed by atoms with Crippen LogP contribution in [0.5, 0.6) is 0 Å². The zero-order valence-corrected chi connectivity index (χ0v) is 9.06. The zero-order valence-electron chi connectivity index (χ0n) is 8.25. The second-order valence-corrected chi connectivity index (χ2v) is 4.29. The fourth-order valence-electron chi connectivity index (χ4n) is 1.42. The summed E-state index contributed by atoms with van der Waals surface area (Å²) >= 11 is -0.167. The summed E-state index contributed by atoms with van der Waals surface area (Å²) in [6.07, 6.45) is 0. The Morgan fingerprint density at radius 2 is 2.06 bits per heavy atom. The lowest BCUT2D eigenvalue weighted by Crippen LogP contribution is -2.00. The second-order valence-electron chi connectivity index (χ2n) is 3.21. The van der Waals surface area contributed by atoms with Crippen LogP contribution in [-0.2, 0) is 0 Å². The molecule has 2 N–H and O–H groups in total. The number of pyridine rings is 1. The third-order valence-electron chi connectivity index (χ3n) is 2.02. The predicted octanol–water partition coefficient (Wildman–Crippen LogP) is 2.84. The second kappa shape index (κ2) is 3.58. The summed E-state index contributed by atoms with van der Waals surface area (Å²) < 4.78 is 38.3. The number of nitrogen functional groups attached to an aromatic ring is 1. The van der Waals surface area contributed by atoms with Gasteiger partial charge in [-0.15, -0.1) is 0 Å². The van der Waals surface area contributed by atoms with Crippen LogP contribution in [0, 0.1) is 6.92 Å². The van der Waals surface area contributed by atoms with Crippen molar-refractivity contribution in [2.24, 2.45) is 0 Å². The van der Waals surface area contributed by atoms with Gasteiger partial charge in [-0.1, -0.05) is 6.07 Å². The van der Waals surface area contributed by atoms with Crippen molar-refractivity contribution in [1.82, 2.24) is 9.61 Å². The molecule has 3 nitrogen and oxygen atoms in total. The lowest BCUT2D eigenvalue weighted by atomic mass is 10.3. The third kappa shape index (κ3) is 1.95. The Hall–Kier alpha value is -1.37. The van der Waals surface area contributed by atoms with E-state index in [1.807, 2.05) is 0 Å². The number of anilines is 1. The van der Waals surface area contributed by atoms with Gasteiger partial charge in [0.25, 0.3) is 0 Å². The Morgan fingerprint density at radius 1 is 1.38 bits per heavy atom. The molecule has 0 aliphatic rings. The van der Waals surface area contributed by atoms with Crippen molar-refractivity contribution >= 4 is 23.1 Å². The molecule has 0 radical (unpaired) electrons. The Bertz CT molecular complexity index is 533. The maximum atomic E-state index is 12.3. The van der Waals surface area contributed by atoms with Crippen molar-refractivity contribution in [2.75, 3.05) is 5.73 Å². The molecule has 0 atom stereocenters. The van der Waals surface area contributed by atoms with Crippen LogP contribution in [0.4, 0.5) is 19.0 Å². The van der Waals surface area contributed by atoms with Gasteiger partial charge in [-0.05, 0) is 30.8 Å². The number of fused-ring (bicyclic) bond motifs is 1. The Balaban J connectivity index is 2.61. The maximum Gasteiger partial charge on any atom is 0.446 e. The number of nitrogens with two attached hydrogens (primary N) is 1. The molecule has 0 saturated carbocycles. The molecule has 2 heterocycles. The van der Waals surface area contributed by atoms with E-state index in [1.54, 1.807) is 18.2 Å². The van der Waals surface area contributed by atoms with Gasteiger partial charge in [-0.25, -0.2) is 4.52 Å². The first-order chi connectivity index (χ1) is 7.38. The Kier molecular flexibility index (Phi) is 2.49. The van der Waals surface area contributed by atoms with Gasteiger partial charge in [0, 0.05) is 0 Å². The molecular weight excluding hydrogens is 239 g/mol. The number of aryl methyl sites for hydroxylation is 1. The molecule has 0 aliphatic carbocycles. The molecule has 86 valence electrons. The molecule has 0 spiro atoms. The lowest BCUT2D eigenvalue weighted by Gasteiger charge is -2.04. The van der Waals surface area contributed by atoms with Gasteiger partial charge in [0.15, 0.2) is 0 Å². The van der Waals surface area contributed by atoms with Gasteiger partial charge in [0.05, 0.1) is 16.1 Å². The number of rotatable bonds is 1. The molecule has 0 saturated heterocycles. The van der Waals surface area contributed by atoms with Gasteiger partial charge in [-0.2, -0.15) is 18.3 Å². The van der Waals surface area contributed by atoms with Crippen LogP contribution in [0.15, 0.2) is 23.1 Å². The van der Waals surface area contributed by atoms with Crippen molar-refractivity contribution in [2.45, 2.75) is 17.3 Å². The summed E-state index contributed by atoms with van der Waals surface area (Å²) in [6, 6.07) is 4.75. The first-order valence-corrected chi connectivity index (χ1v) is 5.20. The van der Waals surface area contributed by atoms with E-state index in [-0.39, 0.29) is 16.7 Å². The molecule has 0 amide bonds. The van der Waals surface area contributed by atoms with Crippen LogP contribution >= 0.6 is 11.8 Å². The van der Waals surface area contributed by atoms with Gasteiger partial charge in [0.1, 0.15) is 5.82 Å². The standard InChI is InChI=1S/C9H8F3N3S/c1-5-8(16-9(10,11)12)6-3-2-4-7(13)15(6)14-5/h2-4H,13H2,1H3. The van der Waals surface area contributed by atoms with Crippen molar-refractivity contribution in [3.8, 4) is 0 Å². The summed E-state index contributed by atoms with van der Waals surface area (Å²) in [5, 5.41) is 3.97. The quantitative estimate of drug-likeness (QED) is 0.788. The summed E-state index contributed by atoms with van der Waals surface area (Å²) in [6.45, 7) is 1.53. The number of thioether (sulfide) groups is 1. The minimum Gasteiger partial charge on any atom is -0.384 e. The number of halogens is 3. The van der Waals surface area contributed by atoms with E-state index in [4.69, 9.17) is 5.73 Å². The van der Waals surface area contributed by atoms with E-state index in [2.05, 4.69) is 5.10 Å². The summed E-state index contributed by atoms with van der Waals surface area (Å²) in [5.74, 6) is 0.314. The average molecular weight is 247 g/mol. The monoisotopic (exact) mass is 247 g/mol. The van der Waals surface area contributed by atoms with E-state index in [0.29, 0.717) is 17.0 Å². The van der Waals surface area contributed by atoms with Crippen LogP contribution in [0.3, 0.4) is 0 Å². The van der Waals surface area contributed by atoms with Crippen molar-refractivity contribution in [1.29, 1.82) is 0 Å². The summed E-state index contributed by atoms with van der Waals surface area (Å²) in [7, 11) is 0. The molecule has 0 bridgehead atoms. The highest BCUT2D eigenvalue weighted by molar-refractivity contribution is 8.00. The Morgan fingerprint density at radius 3 is 2.69 bits per heavy atom. The summed E-state index contributed by atoms with van der Waals surface area (Å²) in [5.41, 5.74) is 1.99. The topological polar surface area (TPSA) is 43.3 Å². The number of hydrogen-bond donors (Lipinski definition) is 1. The smallest absolute Gasteiger partial charge is 0.384 e. The minimum absolute atomic E-state index is 0.0970. The molecule has 2 rings (SSSR count). The highest BCUT2D eigenvalue weighted by Gasteiger charge is 2.32. The predicted molar refractivity (Wildman–Crippen MR) is 56.3 cm³/mol. The van der Waals surface area contributed by atoms with E-state index in [9.17, 15) is 13.2 Å². The van der Waals surface area contributed by atoms with Crippen LogP contribution < -0.4 is 5.73 Å². The van der Waals surface area contributed by atoms with E-state index < -0.39 is 5.51 Å². The van der Waals surface area contributed by atoms with E-state index in [1.165, 1.54) is 11.4 Å². The van der Waals surface area contributed by atoms with Crippen LogP contribution in [0.1, 0.15) is 5.69 Å². The van der Waals surface area contributed by atoms with Crippen LogP contribution in [0.25, 0.3) is 5.52 Å². The number of nitrogens with zero attached hydrogens (tertiary/aromatic N) is 2. The average Bonchev–Trinajstić information content (AvgIpc) is 2.44. The fraction of sp³-hybridized carbons (Fsp3) is 0.222. The largest absolute Gasteiger partial charge is 0.446 e. The van der Waals surface area contributed by atoms with Crippen LogP contribution in [0.2, 0.25) is 0 Å². The molecule has 2 aromatic rings. The number of hydrogen-bond acceptors (Lipinski definition) is 3.